The maximum atomic E-state index is 13.8. The van der Waals surface area contributed by atoms with Crippen molar-refractivity contribution in [3.05, 3.63) is 82.4 Å². The van der Waals surface area contributed by atoms with Gasteiger partial charge in [0.15, 0.2) is 5.75 Å². The summed E-state index contributed by atoms with van der Waals surface area (Å²) in [6.45, 7) is 1.88. The number of amides is 1. The van der Waals surface area contributed by atoms with Crippen molar-refractivity contribution in [3.63, 3.8) is 0 Å². The van der Waals surface area contributed by atoms with Crippen molar-refractivity contribution in [1.82, 2.24) is 15.3 Å². The van der Waals surface area contributed by atoms with E-state index >= 15 is 0 Å². The Balaban J connectivity index is 1.84. The lowest BCUT2D eigenvalue weighted by atomic mass is 9.87. The lowest BCUT2D eigenvalue weighted by Crippen LogP contribution is -2.47. The molecule has 3 aromatic rings. The normalized spacial score (nSPS) is 17.1. The molecule has 0 fully saturated rings. The van der Waals surface area contributed by atoms with Gasteiger partial charge in [0.05, 0.1) is 59.6 Å². The largest absolute Gasteiger partial charge is 0.490 e. The van der Waals surface area contributed by atoms with E-state index in [0.29, 0.717) is 12.5 Å². The van der Waals surface area contributed by atoms with Gasteiger partial charge in [-0.15, -0.1) is 0 Å². The van der Waals surface area contributed by atoms with Crippen LogP contribution in [-0.4, -0.2) is 33.8 Å². The number of nitriles is 2. The summed E-state index contributed by atoms with van der Waals surface area (Å²) in [4.78, 5) is 21.7. The molecule has 0 spiro atoms. The second-order valence-corrected chi connectivity index (χ2v) is 10.2. The lowest BCUT2D eigenvalue weighted by molar-refractivity contribution is -0.138. The number of hydrogen-bond donors (Lipinski definition) is 2. The molecule has 0 bridgehead atoms. The summed E-state index contributed by atoms with van der Waals surface area (Å²) in [6, 6.07) is 6.00. The van der Waals surface area contributed by atoms with Crippen molar-refractivity contribution in [2.75, 3.05) is 11.5 Å². The number of carbonyl (C=O) groups is 1. The molecule has 45 heavy (non-hydrogen) atoms. The van der Waals surface area contributed by atoms with Crippen LogP contribution in [0.5, 0.6) is 5.75 Å². The van der Waals surface area contributed by atoms with Gasteiger partial charge < -0.3 is 9.84 Å². The number of aromatic nitrogens is 2. The molecule has 1 unspecified atom stereocenters. The molecule has 1 amide bonds. The van der Waals surface area contributed by atoms with Gasteiger partial charge in [-0.3, -0.25) is 10.2 Å². The Morgan fingerprint density at radius 2 is 1.78 bits per heavy atom. The summed E-state index contributed by atoms with van der Waals surface area (Å²) in [5.41, 5.74) is -2.62. The van der Waals surface area contributed by atoms with Gasteiger partial charge in [-0.25, -0.2) is 14.8 Å². The molecule has 1 aliphatic heterocycles. The van der Waals surface area contributed by atoms with E-state index in [9.17, 15) is 41.5 Å². The number of carboxylic acid groups (broad SMARTS) is 1. The summed E-state index contributed by atoms with van der Waals surface area (Å²) in [7, 11) is 0. The number of alkyl halides is 6. The molecule has 0 aliphatic carbocycles. The lowest BCUT2D eigenvalue weighted by Gasteiger charge is -2.40. The number of nitrogens with one attached hydrogen (secondary N) is 1. The fourth-order valence-electron chi connectivity index (χ4n) is 5.16. The molecule has 2 heterocycles. The predicted octanol–water partition coefficient (Wildman–Crippen LogP) is 7.16. The number of ether oxygens (including phenoxy) is 1. The molecular weight excluding hydrogens is 606 g/mol. The summed E-state index contributed by atoms with van der Waals surface area (Å²) in [5.74, 6) is 0.128. The Kier molecular flexibility index (Phi) is 9.83. The van der Waals surface area contributed by atoms with Crippen LogP contribution in [0.4, 0.5) is 36.8 Å². The van der Waals surface area contributed by atoms with Gasteiger partial charge in [0.2, 0.25) is 0 Å². The van der Waals surface area contributed by atoms with Crippen molar-refractivity contribution >= 4 is 11.8 Å². The van der Waals surface area contributed by atoms with E-state index in [4.69, 9.17) is 10.00 Å². The topological polar surface area (TPSA) is 135 Å². The molecule has 236 valence electrons. The van der Waals surface area contributed by atoms with E-state index in [-0.39, 0.29) is 59.8 Å². The van der Waals surface area contributed by atoms with Gasteiger partial charge in [0, 0.05) is 18.5 Å². The molecule has 2 N–H and O–H groups in total. The van der Waals surface area contributed by atoms with Crippen LogP contribution >= 0.6 is 0 Å². The predicted molar refractivity (Wildman–Crippen MR) is 147 cm³/mol. The minimum absolute atomic E-state index is 0.00589. The van der Waals surface area contributed by atoms with Crippen molar-refractivity contribution < 1.29 is 41.0 Å². The number of rotatable bonds is 9. The summed E-state index contributed by atoms with van der Waals surface area (Å²) >= 11 is 0. The highest BCUT2D eigenvalue weighted by Crippen LogP contribution is 2.43. The summed E-state index contributed by atoms with van der Waals surface area (Å²) < 4.78 is 88.3. The fraction of sp³-hybridized carbons (Fsp3) is 0.367. The highest BCUT2D eigenvalue weighted by atomic mass is 19.4. The van der Waals surface area contributed by atoms with Crippen LogP contribution in [-0.2, 0) is 12.4 Å². The molecule has 3 atom stereocenters. The van der Waals surface area contributed by atoms with Crippen LogP contribution < -0.4 is 15.0 Å². The monoisotopic (exact) mass is 632 g/mol. The molecule has 4 rings (SSSR count). The molecular formula is C30H26F6N6O3. The van der Waals surface area contributed by atoms with Gasteiger partial charge in [-0.1, -0.05) is 6.92 Å². The van der Waals surface area contributed by atoms with Crippen LogP contribution in [0.3, 0.4) is 0 Å². The summed E-state index contributed by atoms with van der Waals surface area (Å²) in [5, 5.41) is 31.2. The third-order valence-electron chi connectivity index (χ3n) is 7.26. The number of anilines is 1. The molecule has 2 aromatic carbocycles. The first-order valence-corrected chi connectivity index (χ1v) is 13.7. The van der Waals surface area contributed by atoms with E-state index in [1.807, 2.05) is 6.07 Å². The van der Waals surface area contributed by atoms with E-state index in [1.54, 1.807) is 13.0 Å². The molecule has 0 saturated carbocycles. The quantitative estimate of drug-likeness (QED) is 0.188. The van der Waals surface area contributed by atoms with Crippen LogP contribution in [0, 0.1) is 22.7 Å². The number of hydrogen-bond acceptors (Lipinski definition) is 7. The Bertz CT molecular complexity index is 1610. The van der Waals surface area contributed by atoms with Crippen molar-refractivity contribution in [1.29, 1.82) is 10.5 Å². The third kappa shape index (κ3) is 7.61. The van der Waals surface area contributed by atoms with Crippen LogP contribution in [0.15, 0.2) is 48.8 Å². The van der Waals surface area contributed by atoms with E-state index in [0.717, 1.165) is 29.2 Å². The second-order valence-electron chi connectivity index (χ2n) is 10.2. The van der Waals surface area contributed by atoms with Gasteiger partial charge in [0.1, 0.15) is 5.82 Å². The molecule has 1 aliphatic rings. The number of fused-ring (bicyclic) bond motifs is 1. The first-order chi connectivity index (χ1) is 21.3. The van der Waals surface area contributed by atoms with Gasteiger partial charge >= 0.3 is 18.4 Å². The standard InChI is InChI=1S/C30H26F6N6O3/c1-2-21-13-24(23-12-19(29(31,32)33)5-6-25(23)42(21)28(43)44)41-26(18-9-17(14-38)10-20(11-18)30(34,35)36)27-39-15-22(16-40-27)45-8-4-3-7-37/h5-6,9-12,15-16,21,24,26,41H,2-4,8,13H2,1H3,(H,43,44)/t21-,24+,26?/m1/s1. The Hall–Kier alpha value is -4.89. The average molecular weight is 633 g/mol. The number of benzene rings is 2. The van der Waals surface area contributed by atoms with Crippen molar-refractivity contribution in [2.24, 2.45) is 0 Å². The summed E-state index contributed by atoms with van der Waals surface area (Å²) in [6.07, 6.45) is -7.51. The highest BCUT2D eigenvalue weighted by molar-refractivity contribution is 5.89. The zero-order valence-corrected chi connectivity index (χ0v) is 23.7. The molecule has 0 saturated heterocycles. The van der Waals surface area contributed by atoms with Gasteiger partial charge in [-0.05, 0) is 66.8 Å². The SMILES string of the molecule is CC[C@@H]1C[C@H](NC(c2cc(C#N)cc(C(F)(F)F)c2)c2ncc(OCCCC#N)cn2)c2cc(C(F)(F)F)ccc2N1C(=O)O. The van der Waals surface area contributed by atoms with Gasteiger partial charge in [0.25, 0.3) is 0 Å². The Labute approximate surface area is 253 Å². The minimum Gasteiger partial charge on any atom is -0.490 e. The third-order valence-corrected chi connectivity index (χ3v) is 7.26. The molecule has 9 nitrogen and oxygen atoms in total. The highest BCUT2D eigenvalue weighted by Gasteiger charge is 2.40. The minimum atomic E-state index is -4.83. The second kappa shape index (κ2) is 13.4. The van der Waals surface area contributed by atoms with Crippen LogP contribution in [0.1, 0.15) is 78.3 Å². The van der Waals surface area contributed by atoms with Crippen LogP contribution in [0.2, 0.25) is 0 Å². The zero-order chi connectivity index (χ0) is 32.9. The molecule has 1 aromatic heterocycles. The molecule has 15 heteroatoms. The van der Waals surface area contributed by atoms with Crippen LogP contribution in [0.25, 0.3) is 0 Å². The molecule has 0 radical (unpaired) electrons. The van der Waals surface area contributed by atoms with Crippen molar-refractivity contribution in [3.8, 4) is 17.9 Å². The first-order valence-electron chi connectivity index (χ1n) is 13.7. The Morgan fingerprint density at radius 1 is 1.09 bits per heavy atom. The maximum Gasteiger partial charge on any atom is 0.416 e. The van der Waals surface area contributed by atoms with Crippen molar-refractivity contribution in [2.45, 2.75) is 63.1 Å². The smallest absolute Gasteiger partial charge is 0.416 e. The average Bonchev–Trinajstić information content (AvgIpc) is 3.00. The number of halogens is 6. The maximum absolute atomic E-state index is 13.8. The number of unbranched alkanes of at least 4 members (excludes halogenated alkanes) is 1. The first kappa shape index (κ1) is 33.0. The van der Waals surface area contributed by atoms with E-state index in [2.05, 4.69) is 15.3 Å². The number of nitrogens with zero attached hydrogens (tertiary/aromatic N) is 5. The van der Waals surface area contributed by atoms with E-state index < -0.39 is 47.7 Å². The fourth-order valence-corrected chi connectivity index (χ4v) is 5.16. The zero-order valence-electron chi connectivity index (χ0n) is 23.7. The van der Waals surface area contributed by atoms with E-state index in [1.165, 1.54) is 18.5 Å². The Morgan fingerprint density at radius 3 is 2.36 bits per heavy atom. The van der Waals surface area contributed by atoms with Gasteiger partial charge in [-0.2, -0.15) is 36.9 Å².